The minimum absolute atomic E-state index is 0.0339. The SMILES string of the molecule is O=C(c1cc(-c2ccc(Cl)cc2)oc1C(F)(F)F)N1CCc2cnc(N3CCN(C4CCC4)CC3)nc2CC1. The third-order valence-corrected chi connectivity index (χ3v) is 8.29. The first-order valence-electron chi connectivity index (χ1n) is 13.4. The van der Waals surface area contributed by atoms with Gasteiger partial charge in [-0.2, -0.15) is 13.2 Å². The molecule has 2 aliphatic heterocycles. The number of aromatic nitrogens is 2. The molecule has 0 bridgehead atoms. The fraction of sp³-hybridized carbons (Fsp3) is 0.464. The molecule has 0 atom stereocenters. The summed E-state index contributed by atoms with van der Waals surface area (Å²) in [6.45, 7) is 4.27. The Kier molecular flexibility index (Phi) is 7.01. The minimum atomic E-state index is -4.81. The van der Waals surface area contributed by atoms with Crippen molar-refractivity contribution in [3.05, 3.63) is 64.1 Å². The predicted molar refractivity (Wildman–Crippen MR) is 141 cm³/mol. The zero-order chi connectivity index (χ0) is 27.1. The number of hydrogen-bond acceptors (Lipinski definition) is 6. The van der Waals surface area contributed by atoms with Crippen molar-refractivity contribution in [3.63, 3.8) is 0 Å². The molecule has 206 valence electrons. The van der Waals surface area contributed by atoms with Gasteiger partial charge >= 0.3 is 6.18 Å². The lowest BCUT2D eigenvalue weighted by Gasteiger charge is -2.43. The maximum absolute atomic E-state index is 13.9. The van der Waals surface area contributed by atoms with Gasteiger partial charge in [-0.05, 0) is 55.2 Å². The molecule has 0 unspecified atom stereocenters. The van der Waals surface area contributed by atoms with Gasteiger partial charge in [0.05, 0.1) is 11.3 Å². The Labute approximate surface area is 229 Å². The number of nitrogens with zero attached hydrogens (tertiary/aromatic N) is 5. The van der Waals surface area contributed by atoms with Gasteiger partial charge in [0.15, 0.2) is 0 Å². The van der Waals surface area contributed by atoms with E-state index in [-0.39, 0.29) is 18.8 Å². The number of hydrogen-bond donors (Lipinski definition) is 0. The molecule has 7 nitrogen and oxygen atoms in total. The molecule has 2 aromatic heterocycles. The van der Waals surface area contributed by atoms with Crippen LogP contribution in [-0.4, -0.2) is 71.0 Å². The number of carbonyl (C=O) groups is 1. The van der Waals surface area contributed by atoms with Gasteiger partial charge in [-0.25, -0.2) is 9.97 Å². The van der Waals surface area contributed by atoms with Crippen molar-refractivity contribution < 1.29 is 22.4 Å². The second-order valence-corrected chi connectivity index (χ2v) is 10.8. The second-order valence-electron chi connectivity index (χ2n) is 10.4. The van der Waals surface area contributed by atoms with Gasteiger partial charge in [0.25, 0.3) is 5.91 Å². The highest BCUT2D eigenvalue weighted by Gasteiger charge is 2.41. The first-order chi connectivity index (χ1) is 18.8. The summed E-state index contributed by atoms with van der Waals surface area (Å²) in [5.41, 5.74) is 1.69. The molecule has 39 heavy (non-hydrogen) atoms. The fourth-order valence-corrected chi connectivity index (χ4v) is 5.67. The summed E-state index contributed by atoms with van der Waals surface area (Å²) in [7, 11) is 0. The van der Waals surface area contributed by atoms with Crippen molar-refractivity contribution in [1.29, 1.82) is 0 Å². The molecule has 0 spiro atoms. The van der Waals surface area contributed by atoms with Crippen molar-refractivity contribution in [2.45, 2.75) is 44.3 Å². The number of anilines is 1. The van der Waals surface area contributed by atoms with E-state index in [0.717, 1.165) is 43.5 Å². The maximum Gasteiger partial charge on any atom is 0.450 e. The summed E-state index contributed by atoms with van der Waals surface area (Å²) in [6.07, 6.45) is 1.81. The summed E-state index contributed by atoms with van der Waals surface area (Å²) >= 11 is 5.91. The Hall–Kier alpha value is -3.11. The van der Waals surface area contributed by atoms with Crippen LogP contribution in [-0.2, 0) is 19.0 Å². The van der Waals surface area contributed by atoms with Crippen LogP contribution in [0, 0.1) is 0 Å². The van der Waals surface area contributed by atoms with E-state index in [2.05, 4.69) is 14.8 Å². The van der Waals surface area contributed by atoms with E-state index in [1.807, 2.05) is 6.20 Å². The van der Waals surface area contributed by atoms with Gasteiger partial charge in [0.2, 0.25) is 11.7 Å². The number of benzene rings is 1. The van der Waals surface area contributed by atoms with Crippen molar-refractivity contribution in [1.82, 2.24) is 19.8 Å². The molecular weight excluding hydrogens is 531 g/mol. The third-order valence-electron chi connectivity index (χ3n) is 8.04. The molecule has 0 radical (unpaired) electrons. The van der Waals surface area contributed by atoms with E-state index in [9.17, 15) is 18.0 Å². The molecule has 1 aliphatic carbocycles. The van der Waals surface area contributed by atoms with Crippen molar-refractivity contribution in [3.8, 4) is 11.3 Å². The Morgan fingerprint density at radius 1 is 1.00 bits per heavy atom. The van der Waals surface area contributed by atoms with Gasteiger partial charge in [-0.1, -0.05) is 18.0 Å². The summed E-state index contributed by atoms with van der Waals surface area (Å²) < 4.78 is 46.8. The lowest BCUT2D eigenvalue weighted by Crippen LogP contribution is -2.52. The molecule has 4 heterocycles. The molecule has 1 aromatic carbocycles. The number of rotatable bonds is 4. The second kappa shape index (κ2) is 10.5. The van der Waals surface area contributed by atoms with Gasteiger partial charge < -0.3 is 14.2 Å². The highest BCUT2D eigenvalue weighted by molar-refractivity contribution is 6.30. The molecule has 6 rings (SSSR count). The van der Waals surface area contributed by atoms with Crippen molar-refractivity contribution in [2.24, 2.45) is 0 Å². The molecule has 2 fully saturated rings. The zero-order valence-electron chi connectivity index (χ0n) is 21.4. The predicted octanol–water partition coefficient (Wildman–Crippen LogP) is 5.32. The first-order valence-corrected chi connectivity index (χ1v) is 13.7. The fourth-order valence-electron chi connectivity index (χ4n) is 5.55. The van der Waals surface area contributed by atoms with E-state index in [1.165, 1.54) is 30.2 Å². The van der Waals surface area contributed by atoms with Crippen molar-refractivity contribution >= 4 is 23.5 Å². The minimum Gasteiger partial charge on any atom is -0.451 e. The average molecular weight is 560 g/mol. The Morgan fingerprint density at radius 3 is 2.38 bits per heavy atom. The molecular formula is C28H29ClF3N5O2. The van der Waals surface area contributed by atoms with E-state index in [1.54, 1.807) is 24.3 Å². The Balaban J connectivity index is 1.17. The summed E-state index contributed by atoms with van der Waals surface area (Å²) in [6, 6.07) is 8.13. The number of fused-ring (bicyclic) bond motifs is 1. The van der Waals surface area contributed by atoms with Gasteiger partial charge in [-0.3, -0.25) is 9.69 Å². The number of alkyl halides is 3. The zero-order valence-corrected chi connectivity index (χ0v) is 22.1. The largest absolute Gasteiger partial charge is 0.451 e. The highest BCUT2D eigenvalue weighted by Crippen LogP contribution is 2.38. The first kappa shape index (κ1) is 26.1. The van der Waals surface area contributed by atoms with E-state index >= 15 is 0 Å². The third kappa shape index (κ3) is 5.36. The van der Waals surface area contributed by atoms with E-state index < -0.39 is 23.4 Å². The molecule has 3 aliphatic rings. The van der Waals surface area contributed by atoms with Crippen LogP contribution in [0.25, 0.3) is 11.3 Å². The number of halogens is 4. The van der Waals surface area contributed by atoms with E-state index in [4.69, 9.17) is 21.0 Å². The highest BCUT2D eigenvalue weighted by atomic mass is 35.5. The van der Waals surface area contributed by atoms with Gasteiger partial charge in [-0.15, -0.1) is 0 Å². The topological polar surface area (TPSA) is 65.7 Å². The number of furan rings is 1. The number of piperazine rings is 1. The van der Waals surface area contributed by atoms with Crippen molar-refractivity contribution in [2.75, 3.05) is 44.2 Å². The van der Waals surface area contributed by atoms with Crippen LogP contribution in [0.2, 0.25) is 5.02 Å². The van der Waals surface area contributed by atoms with Gasteiger partial charge in [0.1, 0.15) is 5.76 Å². The van der Waals surface area contributed by atoms with Crippen LogP contribution in [0.4, 0.5) is 19.1 Å². The lowest BCUT2D eigenvalue weighted by molar-refractivity contribution is -0.153. The number of carbonyl (C=O) groups excluding carboxylic acids is 1. The molecule has 1 saturated carbocycles. The summed E-state index contributed by atoms with van der Waals surface area (Å²) in [4.78, 5) is 29.0. The van der Waals surface area contributed by atoms with Crippen LogP contribution < -0.4 is 4.90 Å². The monoisotopic (exact) mass is 559 g/mol. The summed E-state index contributed by atoms with van der Waals surface area (Å²) in [5, 5.41) is 0.448. The molecule has 11 heteroatoms. The van der Waals surface area contributed by atoms with Crippen LogP contribution in [0.15, 0.2) is 40.9 Å². The smallest absolute Gasteiger partial charge is 0.450 e. The summed E-state index contributed by atoms with van der Waals surface area (Å²) in [5.74, 6) is -1.35. The average Bonchev–Trinajstić information content (AvgIpc) is 3.24. The molecule has 1 saturated heterocycles. The van der Waals surface area contributed by atoms with Gasteiger partial charge in [0, 0.05) is 68.5 Å². The maximum atomic E-state index is 13.9. The van der Waals surface area contributed by atoms with Crippen LogP contribution in [0.3, 0.4) is 0 Å². The van der Waals surface area contributed by atoms with E-state index in [0.29, 0.717) is 29.4 Å². The van der Waals surface area contributed by atoms with Crippen LogP contribution in [0.1, 0.15) is 46.6 Å². The van der Waals surface area contributed by atoms with Crippen LogP contribution in [0.5, 0.6) is 0 Å². The number of amides is 1. The molecule has 3 aromatic rings. The Bertz CT molecular complexity index is 1350. The standard InChI is InChI=1S/C28H29ClF3N5O2/c29-20-6-4-18(5-7-20)24-16-22(25(39-24)28(30,31)32)26(38)36-10-8-19-17-33-27(34-23(19)9-11-36)37-14-12-35(13-15-37)21-2-1-3-21/h4-7,16-17,21H,1-3,8-15H2. The normalized spacial score (nSPS) is 19.0. The Morgan fingerprint density at radius 2 is 1.72 bits per heavy atom. The molecule has 0 N–H and O–H groups in total. The lowest BCUT2D eigenvalue weighted by atomic mass is 9.91. The van der Waals surface area contributed by atoms with Crippen LogP contribution >= 0.6 is 11.6 Å². The molecule has 1 amide bonds. The quantitative estimate of drug-likeness (QED) is 0.431.